The molecule has 5 heteroatoms. The molecule has 2 aromatic carbocycles. The summed E-state index contributed by atoms with van der Waals surface area (Å²) in [6.45, 7) is 1.71. The van der Waals surface area contributed by atoms with Gasteiger partial charge in [-0.3, -0.25) is 4.99 Å². The van der Waals surface area contributed by atoms with E-state index in [1.165, 1.54) is 0 Å². The van der Waals surface area contributed by atoms with Crippen LogP contribution >= 0.6 is 11.6 Å². The van der Waals surface area contributed by atoms with Gasteiger partial charge in [0.1, 0.15) is 6.73 Å². The van der Waals surface area contributed by atoms with Crippen molar-refractivity contribution in [2.24, 2.45) is 4.99 Å². The fourth-order valence-electron chi connectivity index (χ4n) is 2.46. The fourth-order valence-corrected chi connectivity index (χ4v) is 2.69. The standard InChI is InChI=1S/C19H16ClN3O/c1-13-9-16(20)7-8-17(13)18-15(10-21-12-24)11-22-19(23-18)14-5-3-2-4-6-14/h2-11,24H,12H2,1H3. The normalized spacial score (nSPS) is 11.1. The number of hydrogen-bond acceptors (Lipinski definition) is 4. The van der Waals surface area contributed by atoms with Crippen LogP contribution in [0.5, 0.6) is 0 Å². The molecule has 120 valence electrons. The summed E-state index contributed by atoms with van der Waals surface area (Å²) in [5, 5.41) is 9.64. The van der Waals surface area contributed by atoms with Gasteiger partial charge in [-0.1, -0.05) is 48.0 Å². The molecule has 24 heavy (non-hydrogen) atoms. The number of halogens is 1. The van der Waals surface area contributed by atoms with Crippen LogP contribution in [0.3, 0.4) is 0 Å². The van der Waals surface area contributed by atoms with Crippen LogP contribution in [0, 0.1) is 6.92 Å². The van der Waals surface area contributed by atoms with Crippen molar-refractivity contribution >= 4 is 17.8 Å². The number of aliphatic hydroxyl groups is 1. The summed E-state index contributed by atoms with van der Waals surface area (Å²) in [5.41, 5.74) is 4.41. The van der Waals surface area contributed by atoms with E-state index in [2.05, 4.69) is 9.98 Å². The van der Waals surface area contributed by atoms with Crippen molar-refractivity contribution in [3.8, 4) is 22.6 Å². The predicted molar refractivity (Wildman–Crippen MR) is 97.3 cm³/mol. The minimum Gasteiger partial charge on any atom is -0.375 e. The number of aliphatic hydroxyl groups excluding tert-OH is 1. The number of hydrogen-bond donors (Lipinski definition) is 1. The van der Waals surface area contributed by atoms with E-state index < -0.39 is 0 Å². The molecule has 3 aromatic rings. The molecule has 1 N–H and O–H groups in total. The molecule has 0 spiro atoms. The minimum atomic E-state index is -0.278. The highest BCUT2D eigenvalue weighted by molar-refractivity contribution is 6.30. The zero-order chi connectivity index (χ0) is 16.9. The van der Waals surface area contributed by atoms with Crippen LogP contribution in [-0.2, 0) is 0 Å². The highest BCUT2D eigenvalue weighted by Crippen LogP contribution is 2.28. The zero-order valence-electron chi connectivity index (χ0n) is 13.1. The molecular weight excluding hydrogens is 322 g/mol. The fraction of sp³-hybridized carbons (Fsp3) is 0.105. The van der Waals surface area contributed by atoms with Crippen LogP contribution in [0.4, 0.5) is 0 Å². The third-order valence-electron chi connectivity index (χ3n) is 3.60. The topological polar surface area (TPSA) is 58.4 Å². The Morgan fingerprint density at radius 2 is 1.96 bits per heavy atom. The maximum atomic E-state index is 8.96. The van der Waals surface area contributed by atoms with Crippen molar-refractivity contribution in [3.05, 3.63) is 70.9 Å². The Morgan fingerprint density at radius 1 is 1.17 bits per heavy atom. The average molecular weight is 338 g/mol. The Morgan fingerprint density at radius 3 is 2.67 bits per heavy atom. The van der Waals surface area contributed by atoms with Crippen LogP contribution < -0.4 is 0 Å². The quantitative estimate of drug-likeness (QED) is 0.728. The SMILES string of the molecule is Cc1cc(Cl)ccc1-c1nc(-c2ccccc2)ncc1C=NCO. The summed E-state index contributed by atoms with van der Waals surface area (Å²) in [6.07, 6.45) is 3.30. The third-order valence-corrected chi connectivity index (χ3v) is 3.84. The predicted octanol–water partition coefficient (Wildman–Crippen LogP) is 4.14. The molecular formula is C19H16ClN3O. The monoisotopic (exact) mass is 337 g/mol. The molecule has 0 bridgehead atoms. The van der Waals surface area contributed by atoms with Gasteiger partial charge in [0.15, 0.2) is 5.82 Å². The van der Waals surface area contributed by atoms with Gasteiger partial charge in [-0.15, -0.1) is 0 Å². The molecule has 0 radical (unpaired) electrons. The van der Waals surface area contributed by atoms with Crippen LogP contribution in [0.2, 0.25) is 5.02 Å². The first-order valence-electron chi connectivity index (χ1n) is 7.48. The number of aliphatic imine (C=N–C) groups is 1. The second-order valence-corrected chi connectivity index (χ2v) is 5.71. The first kappa shape index (κ1) is 16.3. The average Bonchev–Trinajstić information content (AvgIpc) is 2.61. The van der Waals surface area contributed by atoms with Crippen molar-refractivity contribution in [2.45, 2.75) is 6.92 Å². The lowest BCUT2D eigenvalue weighted by molar-refractivity contribution is 0.310. The van der Waals surface area contributed by atoms with Gasteiger partial charge in [-0.25, -0.2) is 9.97 Å². The van der Waals surface area contributed by atoms with E-state index in [9.17, 15) is 0 Å². The maximum Gasteiger partial charge on any atom is 0.159 e. The molecule has 3 rings (SSSR count). The van der Waals surface area contributed by atoms with Gasteiger partial charge in [0.05, 0.1) is 5.69 Å². The Balaban J connectivity index is 2.18. The molecule has 0 aliphatic rings. The second kappa shape index (κ2) is 7.34. The smallest absolute Gasteiger partial charge is 0.159 e. The molecule has 0 saturated heterocycles. The number of aromatic nitrogens is 2. The summed E-state index contributed by atoms with van der Waals surface area (Å²) in [4.78, 5) is 13.1. The number of nitrogens with zero attached hydrogens (tertiary/aromatic N) is 3. The van der Waals surface area contributed by atoms with Gasteiger partial charge in [0.2, 0.25) is 0 Å². The summed E-state index contributed by atoms with van der Waals surface area (Å²) in [6, 6.07) is 15.5. The van der Waals surface area contributed by atoms with E-state index in [-0.39, 0.29) is 6.73 Å². The van der Waals surface area contributed by atoms with E-state index in [1.54, 1.807) is 12.4 Å². The zero-order valence-corrected chi connectivity index (χ0v) is 13.9. The molecule has 0 unspecified atom stereocenters. The summed E-state index contributed by atoms with van der Waals surface area (Å²) >= 11 is 6.06. The molecule has 0 aliphatic heterocycles. The van der Waals surface area contributed by atoms with E-state index in [0.29, 0.717) is 10.8 Å². The molecule has 1 heterocycles. The van der Waals surface area contributed by atoms with Crippen molar-refractivity contribution in [1.29, 1.82) is 0 Å². The van der Waals surface area contributed by atoms with Gasteiger partial charge >= 0.3 is 0 Å². The summed E-state index contributed by atoms with van der Waals surface area (Å²) < 4.78 is 0. The molecule has 0 amide bonds. The second-order valence-electron chi connectivity index (χ2n) is 5.28. The van der Waals surface area contributed by atoms with Gasteiger partial charge in [-0.05, 0) is 24.6 Å². The molecule has 0 fully saturated rings. The first-order chi connectivity index (χ1) is 11.7. The number of benzene rings is 2. The van der Waals surface area contributed by atoms with E-state index in [1.807, 2.05) is 55.5 Å². The van der Waals surface area contributed by atoms with E-state index >= 15 is 0 Å². The van der Waals surface area contributed by atoms with Gasteiger partial charge in [0, 0.05) is 34.1 Å². The first-order valence-corrected chi connectivity index (χ1v) is 7.86. The van der Waals surface area contributed by atoms with Gasteiger partial charge in [-0.2, -0.15) is 0 Å². The highest BCUT2D eigenvalue weighted by atomic mass is 35.5. The lowest BCUT2D eigenvalue weighted by Crippen LogP contribution is -1.99. The molecule has 0 atom stereocenters. The summed E-state index contributed by atoms with van der Waals surface area (Å²) in [7, 11) is 0. The van der Waals surface area contributed by atoms with E-state index in [0.717, 1.165) is 27.9 Å². The van der Waals surface area contributed by atoms with Crippen molar-refractivity contribution < 1.29 is 5.11 Å². The Hall–Kier alpha value is -2.56. The minimum absolute atomic E-state index is 0.278. The molecule has 1 aromatic heterocycles. The van der Waals surface area contributed by atoms with Crippen molar-refractivity contribution in [1.82, 2.24) is 9.97 Å². The van der Waals surface area contributed by atoms with Gasteiger partial charge < -0.3 is 5.11 Å². The van der Waals surface area contributed by atoms with Crippen molar-refractivity contribution in [2.75, 3.05) is 6.73 Å². The molecule has 0 saturated carbocycles. The van der Waals surface area contributed by atoms with Crippen LogP contribution in [-0.4, -0.2) is 28.0 Å². The number of rotatable bonds is 4. The van der Waals surface area contributed by atoms with E-state index in [4.69, 9.17) is 21.7 Å². The van der Waals surface area contributed by atoms with Crippen LogP contribution in [0.25, 0.3) is 22.6 Å². The third kappa shape index (κ3) is 3.50. The van der Waals surface area contributed by atoms with Crippen molar-refractivity contribution in [3.63, 3.8) is 0 Å². The molecule has 0 aliphatic carbocycles. The lowest BCUT2D eigenvalue weighted by Gasteiger charge is -2.10. The Bertz CT molecular complexity index is 879. The highest BCUT2D eigenvalue weighted by Gasteiger charge is 2.12. The maximum absolute atomic E-state index is 8.96. The largest absolute Gasteiger partial charge is 0.375 e. The summed E-state index contributed by atoms with van der Waals surface area (Å²) in [5.74, 6) is 0.640. The van der Waals surface area contributed by atoms with Gasteiger partial charge in [0.25, 0.3) is 0 Å². The lowest BCUT2D eigenvalue weighted by atomic mass is 10.0. The number of aryl methyl sites for hydroxylation is 1. The Labute approximate surface area is 145 Å². The Kier molecular flexibility index (Phi) is 4.99. The van der Waals surface area contributed by atoms with Crippen LogP contribution in [0.15, 0.2) is 59.7 Å². The molecule has 4 nitrogen and oxygen atoms in total. The van der Waals surface area contributed by atoms with Crippen LogP contribution in [0.1, 0.15) is 11.1 Å².